The number of rotatable bonds is 7. The predicted octanol–water partition coefficient (Wildman–Crippen LogP) is 4.18. The molecule has 0 bridgehead atoms. The zero-order valence-corrected chi connectivity index (χ0v) is 18.6. The Bertz CT molecular complexity index is 1320. The number of benzene rings is 2. The van der Waals surface area contributed by atoms with Crippen molar-refractivity contribution >= 4 is 5.52 Å². The van der Waals surface area contributed by atoms with E-state index in [1.807, 2.05) is 91.0 Å². The Hall–Kier alpha value is -3.54. The van der Waals surface area contributed by atoms with E-state index in [1.54, 1.807) is 18.7 Å². The van der Waals surface area contributed by atoms with Gasteiger partial charge in [-0.3, -0.25) is 4.79 Å². The summed E-state index contributed by atoms with van der Waals surface area (Å²) in [5.74, 6) is 2.36. The molecule has 6 heteroatoms. The van der Waals surface area contributed by atoms with E-state index in [9.17, 15) is 4.79 Å². The summed E-state index contributed by atoms with van der Waals surface area (Å²) in [6.45, 7) is 0.520. The Balaban J connectivity index is 1.56. The highest BCUT2D eigenvalue weighted by molar-refractivity contribution is 5.62. The lowest BCUT2D eigenvalue weighted by atomic mass is 10.0. The van der Waals surface area contributed by atoms with Gasteiger partial charge in [0, 0.05) is 12.5 Å². The van der Waals surface area contributed by atoms with Crippen LogP contribution < -0.4 is 15.0 Å². The normalized spacial score (nSPS) is 14.1. The van der Waals surface area contributed by atoms with E-state index in [1.165, 1.54) is 0 Å². The molecule has 5 rings (SSSR count). The van der Waals surface area contributed by atoms with E-state index in [4.69, 9.17) is 9.47 Å². The van der Waals surface area contributed by atoms with Crippen LogP contribution in [0.25, 0.3) is 16.8 Å². The molecule has 4 aromatic rings. The molecule has 2 heterocycles. The molecule has 0 N–H and O–H groups in total. The highest BCUT2D eigenvalue weighted by atomic mass is 16.5. The van der Waals surface area contributed by atoms with Crippen LogP contribution in [0.5, 0.6) is 11.5 Å². The number of aryl methyl sites for hydroxylation is 1. The van der Waals surface area contributed by atoms with Crippen molar-refractivity contribution in [2.75, 3.05) is 14.2 Å². The summed E-state index contributed by atoms with van der Waals surface area (Å²) < 4.78 is 14.3. The lowest BCUT2D eigenvalue weighted by Crippen LogP contribution is -2.25. The van der Waals surface area contributed by atoms with Gasteiger partial charge in [0.05, 0.1) is 31.8 Å². The first-order chi connectivity index (χ1) is 16.2. The van der Waals surface area contributed by atoms with Gasteiger partial charge >= 0.3 is 0 Å². The van der Waals surface area contributed by atoms with Crippen LogP contribution in [0.3, 0.4) is 0 Å². The molecule has 0 spiro atoms. The monoisotopic (exact) mass is 438 g/mol. The average molecular weight is 439 g/mol. The summed E-state index contributed by atoms with van der Waals surface area (Å²) in [6, 6.07) is 17.6. The number of hydrogen-bond donors (Lipinski definition) is 0. The second-order valence-electron chi connectivity index (χ2n) is 7.81. The fraction of sp³-hybridized carbons (Fsp3) is 0.148. The summed E-state index contributed by atoms with van der Waals surface area (Å²) >= 11 is 0. The fourth-order valence-corrected chi connectivity index (χ4v) is 4.11. The fourth-order valence-electron chi connectivity index (χ4n) is 4.11. The van der Waals surface area contributed by atoms with Crippen molar-refractivity contribution in [1.29, 1.82) is 0 Å². The van der Waals surface area contributed by atoms with Crippen LogP contribution in [0.15, 0.2) is 65.6 Å². The van der Waals surface area contributed by atoms with Crippen molar-refractivity contribution in [3.05, 3.63) is 114 Å². The van der Waals surface area contributed by atoms with Crippen molar-refractivity contribution in [1.82, 2.24) is 14.2 Å². The molecule has 0 atom stereocenters. The Morgan fingerprint density at radius 2 is 1.67 bits per heavy atom. The minimum Gasteiger partial charge on any atom is -0.493 e. The standard InChI is InChI=1S/C27H24N3O3/c1-32-25-13-12-19(16-26(25)33-2)14-15-29-24(21-10-4-3-5-11-21)18-30-23(27(29)31)17-22(28-30)20-8-6-7-9-20/h3-13,16-18H,14-15H2,1-2H3. The SMILES string of the molecule is COc1ccc(CCn2c(-c3ccccc3)cn3nc([C]4[CH][CH][CH][CH]4)cc3c2=O)cc1OC. The van der Waals surface area contributed by atoms with Crippen LogP contribution in [-0.2, 0) is 13.0 Å². The van der Waals surface area contributed by atoms with Crippen molar-refractivity contribution in [2.45, 2.75) is 13.0 Å². The maximum atomic E-state index is 13.6. The third-order valence-corrected chi connectivity index (χ3v) is 5.84. The molecule has 33 heavy (non-hydrogen) atoms. The highest BCUT2D eigenvalue weighted by Gasteiger charge is 2.23. The van der Waals surface area contributed by atoms with Crippen LogP contribution in [-0.4, -0.2) is 28.4 Å². The predicted molar refractivity (Wildman–Crippen MR) is 128 cm³/mol. The first-order valence-electron chi connectivity index (χ1n) is 10.8. The topological polar surface area (TPSA) is 57.8 Å². The molecule has 2 aromatic carbocycles. The van der Waals surface area contributed by atoms with Crippen LogP contribution in [0.2, 0.25) is 0 Å². The summed E-state index contributed by atoms with van der Waals surface area (Å²) in [6.07, 6.45) is 10.5. The van der Waals surface area contributed by atoms with E-state index >= 15 is 0 Å². The zero-order valence-electron chi connectivity index (χ0n) is 18.6. The molecule has 1 fully saturated rings. The minimum atomic E-state index is -0.0675. The number of methoxy groups -OCH3 is 2. The molecular formula is C27H24N3O3. The lowest BCUT2D eigenvalue weighted by Gasteiger charge is -2.15. The molecule has 0 unspecified atom stereocenters. The number of aromatic nitrogens is 3. The van der Waals surface area contributed by atoms with Crippen molar-refractivity contribution < 1.29 is 9.47 Å². The van der Waals surface area contributed by atoms with Crippen molar-refractivity contribution in [2.24, 2.45) is 0 Å². The third-order valence-electron chi connectivity index (χ3n) is 5.84. The molecule has 2 aromatic heterocycles. The van der Waals surface area contributed by atoms with Gasteiger partial charge in [0.25, 0.3) is 5.56 Å². The number of ether oxygens (including phenoxy) is 2. The Morgan fingerprint density at radius 3 is 2.39 bits per heavy atom. The van der Waals surface area contributed by atoms with Gasteiger partial charge in [-0.25, -0.2) is 4.52 Å². The number of nitrogens with zero attached hydrogens (tertiary/aromatic N) is 3. The van der Waals surface area contributed by atoms with E-state index < -0.39 is 0 Å². The summed E-state index contributed by atoms with van der Waals surface area (Å²) in [7, 11) is 3.24. The van der Waals surface area contributed by atoms with Crippen molar-refractivity contribution in [3.8, 4) is 22.8 Å². The zero-order chi connectivity index (χ0) is 22.8. The third kappa shape index (κ3) is 4.13. The largest absolute Gasteiger partial charge is 0.493 e. The van der Waals surface area contributed by atoms with E-state index in [2.05, 4.69) is 5.10 Å². The Labute approximate surface area is 193 Å². The lowest BCUT2D eigenvalue weighted by molar-refractivity contribution is 0.354. The van der Waals surface area contributed by atoms with E-state index in [-0.39, 0.29) is 5.56 Å². The average Bonchev–Trinajstić information content (AvgIpc) is 3.54. The number of hydrogen-bond acceptors (Lipinski definition) is 4. The molecule has 1 saturated carbocycles. The maximum absolute atomic E-state index is 13.6. The first kappa shape index (κ1) is 21.3. The molecule has 0 aliphatic heterocycles. The molecule has 6 nitrogen and oxygen atoms in total. The Morgan fingerprint density at radius 1 is 0.909 bits per heavy atom. The van der Waals surface area contributed by atoms with Gasteiger partial charge in [-0.05, 0) is 61.4 Å². The highest BCUT2D eigenvalue weighted by Crippen LogP contribution is 2.30. The molecule has 0 amide bonds. The minimum absolute atomic E-state index is 0.0675. The van der Waals surface area contributed by atoms with Crippen LogP contribution in [0.1, 0.15) is 11.3 Å². The van der Waals surface area contributed by atoms with Gasteiger partial charge in [0.15, 0.2) is 11.5 Å². The molecule has 1 aliphatic rings. The second kappa shape index (κ2) is 9.14. The second-order valence-corrected chi connectivity index (χ2v) is 7.81. The van der Waals surface area contributed by atoms with Crippen LogP contribution in [0, 0.1) is 31.6 Å². The van der Waals surface area contributed by atoms with Crippen molar-refractivity contribution in [3.63, 3.8) is 0 Å². The van der Waals surface area contributed by atoms with Gasteiger partial charge in [-0.15, -0.1) is 0 Å². The van der Waals surface area contributed by atoms with Crippen LogP contribution in [0.4, 0.5) is 0 Å². The van der Waals surface area contributed by atoms with Crippen LogP contribution >= 0.6 is 0 Å². The molecular weight excluding hydrogens is 414 g/mol. The first-order valence-corrected chi connectivity index (χ1v) is 10.8. The Kier molecular flexibility index (Phi) is 5.90. The molecule has 5 radical (unpaired) electrons. The smallest absolute Gasteiger partial charge is 0.277 e. The molecule has 165 valence electrons. The molecule has 0 saturated heterocycles. The van der Waals surface area contributed by atoms with E-state index in [0.717, 1.165) is 28.4 Å². The van der Waals surface area contributed by atoms with Gasteiger partial charge in [-0.2, -0.15) is 5.10 Å². The summed E-state index contributed by atoms with van der Waals surface area (Å²) in [4.78, 5) is 13.6. The van der Waals surface area contributed by atoms with Gasteiger partial charge in [0.1, 0.15) is 5.52 Å². The number of fused-ring (bicyclic) bond motifs is 1. The summed E-state index contributed by atoms with van der Waals surface area (Å²) in [5, 5.41) is 4.68. The van der Waals surface area contributed by atoms with Gasteiger partial charge < -0.3 is 14.0 Å². The van der Waals surface area contributed by atoms with E-state index in [0.29, 0.717) is 30.0 Å². The maximum Gasteiger partial charge on any atom is 0.277 e. The molecule has 1 aliphatic carbocycles. The summed E-state index contributed by atoms with van der Waals surface area (Å²) in [5.41, 5.74) is 4.12. The quantitative estimate of drug-likeness (QED) is 0.435. The van der Waals surface area contributed by atoms with Gasteiger partial charge in [-0.1, -0.05) is 36.4 Å². The van der Waals surface area contributed by atoms with Gasteiger partial charge in [0.2, 0.25) is 0 Å².